The van der Waals surface area contributed by atoms with Gasteiger partial charge in [-0.3, -0.25) is 15.1 Å². The first-order valence-electron chi connectivity index (χ1n) is 11.8. The molecule has 186 valence electrons. The summed E-state index contributed by atoms with van der Waals surface area (Å²) >= 11 is 3.53. The van der Waals surface area contributed by atoms with Crippen molar-refractivity contribution in [3.8, 4) is 11.8 Å². The molecule has 2 aromatic heterocycles. The average molecular weight is 550 g/mol. The van der Waals surface area contributed by atoms with Gasteiger partial charge in [-0.15, -0.1) is 0 Å². The second-order valence-corrected chi connectivity index (χ2v) is 10.0. The highest BCUT2D eigenvalue weighted by molar-refractivity contribution is 9.10. The Balaban J connectivity index is 1.38. The van der Waals surface area contributed by atoms with Crippen LogP contribution in [-0.4, -0.2) is 61.8 Å². The normalized spacial score (nSPS) is 14.4. The summed E-state index contributed by atoms with van der Waals surface area (Å²) < 4.78 is 2.16. The summed E-state index contributed by atoms with van der Waals surface area (Å²) in [5.74, 6) is 0.468. The highest BCUT2D eigenvalue weighted by Gasteiger charge is 2.23. The smallest absolute Gasteiger partial charge is 0.253 e. The van der Waals surface area contributed by atoms with Crippen molar-refractivity contribution in [2.45, 2.75) is 20.4 Å². The Bertz CT molecular complexity index is 1400. The maximum Gasteiger partial charge on any atom is 0.253 e. The van der Waals surface area contributed by atoms with E-state index in [1.807, 2.05) is 59.5 Å². The molecule has 4 aromatic rings. The molecule has 0 saturated carbocycles. The largest absolute Gasteiger partial charge is 0.493 e. The van der Waals surface area contributed by atoms with Crippen molar-refractivity contribution in [3.05, 3.63) is 81.3 Å². The van der Waals surface area contributed by atoms with E-state index in [0.717, 1.165) is 39.6 Å². The number of hydrogen-bond donors (Lipinski definition) is 3. The number of fused-ring (bicyclic) bond motifs is 1. The summed E-state index contributed by atoms with van der Waals surface area (Å²) in [4.78, 5) is 21.8. The molecule has 1 aliphatic heterocycles. The molecule has 0 radical (unpaired) electrons. The van der Waals surface area contributed by atoms with Crippen LogP contribution in [-0.2, 0) is 6.54 Å². The van der Waals surface area contributed by atoms with Gasteiger partial charge in [0.2, 0.25) is 11.8 Å². The number of nitrogens with one attached hydrogen (secondary N) is 1. The molecule has 1 fully saturated rings. The second-order valence-electron chi connectivity index (χ2n) is 9.11. The third kappa shape index (κ3) is 4.64. The van der Waals surface area contributed by atoms with E-state index in [9.17, 15) is 15.0 Å². The molecule has 1 aliphatic rings. The summed E-state index contributed by atoms with van der Waals surface area (Å²) in [6.45, 7) is 7.04. The van der Waals surface area contributed by atoms with E-state index in [2.05, 4.69) is 26.3 Å². The van der Waals surface area contributed by atoms with Crippen molar-refractivity contribution in [1.82, 2.24) is 19.5 Å². The minimum absolute atomic E-state index is 0.0538. The van der Waals surface area contributed by atoms with E-state index in [-0.39, 0.29) is 17.7 Å². The molecular weight excluding hydrogens is 522 g/mol. The Labute approximate surface area is 217 Å². The summed E-state index contributed by atoms with van der Waals surface area (Å²) in [6.07, 6.45) is 0. The number of nitrogens with zero attached hydrogens (tertiary/aromatic N) is 4. The van der Waals surface area contributed by atoms with Crippen molar-refractivity contribution in [1.29, 1.82) is 0 Å². The number of benzene rings is 2. The van der Waals surface area contributed by atoms with E-state index in [1.165, 1.54) is 4.68 Å². The summed E-state index contributed by atoms with van der Waals surface area (Å²) in [7, 11) is 0. The monoisotopic (exact) mass is 549 g/mol. The highest BCUT2D eigenvalue weighted by Crippen LogP contribution is 2.33. The lowest BCUT2D eigenvalue weighted by Crippen LogP contribution is -2.48. The Hall–Kier alpha value is -3.56. The zero-order chi connectivity index (χ0) is 25.4. The highest BCUT2D eigenvalue weighted by atomic mass is 79.9. The third-order valence-electron chi connectivity index (χ3n) is 6.82. The molecule has 2 aromatic carbocycles. The van der Waals surface area contributed by atoms with Gasteiger partial charge in [0.05, 0.1) is 5.52 Å². The van der Waals surface area contributed by atoms with Crippen LogP contribution in [0, 0.1) is 13.8 Å². The predicted octanol–water partition coefficient (Wildman–Crippen LogP) is 4.66. The first-order chi connectivity index (χ1) is 17.3. The lowest BCUT2D eigenvalue weighted by Gasteiger charge is -2.35. The molecule has 0 spiro atoms. The molecule has 0 atom stereocenters. The van der Waals surface area contributed by atoms with Crippen LogP contribution in [0.5, 0.6) is 11.8 Å². The summed E-state index contributed by atoms with van der Waals surface area (Å²) in [5, 5.41) is 22.0. The minimum atomic E-state index is -0.0538. The number of aromatic nitrogens is 2. The van der Waals surface area contributed by atoms with Crippen molar-refractivity contribution in [2.75, 3.05) is 31.6 Å². The maximum absolute atomic E-state index is 12.8. The number of aromatic hydroxyl groups is 2. The fourth-order valence-electron chi connectivity index (χ4n) is 4.57. The molecule has 3 heterocycles. The first-order valence-corrected chi connectivity index (χ1v) is 12.6. The fraction of sp³-hybridized carbons (Fsp3) is 0.259. The predicted molar refractivity (Wildman–Crippen MR) is 143 cm³/mol. The minimum Gasteiger partial charge on any atom is -0.493 e. The van der Waals surface area contributed by atoms with Gasteiger partial charge in [0, 0.05) is 59.3 Å². The van der Waals surface area contributed by atoms with E-state index in [0.29, 0.717) is 36.6 Å². The number of pyridine rings is 1. The van der Waals surface area contributed by atoms with Gasteiger partial charge in [0.25, 0.3) is 5.91 Å². The first kappa shape index (κ1) is 24.1. The van der Waals surface area contributed by atoms with Crippen LogP contribution >= 0.6 is 15.9 Å². The number of hydrogen-bond acceptors (Lipinski definition) is 6. The van der Waals surface area contributed by atoms with Gasteiger partial charge in [0.15, 0.2) is 0 Å². The van der Waals surface area contributed by atoms with Gasteiger partial charge in [0.1, 0.15) is 5.82 Å². The zero-order valence-corrected chi connectivity index (χ0v) is 21.8. The van der Waals surface area contributed by atoms with Crippen LogP contribution in [0.1, 0.15) is 27.0 Å². The van der Waals surface area contributed by atoms with Gasteiger partial charge in [-0.1, -0.05) is 40.2 Å². The van der Waals surface area contributed by atoms with Gasteiger partial charge in [-0.2, -0.15) is 4.68 Å². The summed E-state index contributed by atoms with van der Waals surface area (Å²) in [5.41, 5.74) is 6.83. The number of amides is 1. The molecule has 0 unspecified atom stereocenters. The van der Waals surface area contributed by atoms with Gasteiger partial charge in [-0.25, -0.2) is 4.98 Å². The van der Waals surface area contributed by atoms with Crippen LogP contribution < -0.4 is 5.43 Å². The van der Waals surface area contributed by atoms with Crippen LogP contribution in [0.25, 0.3) is 10.9 Å². The number of rotatable bonds is 5. The Kier molecular flexibility index (Phi) is 6.59. The van der Waals surface area contributed by atoms with E-state index in [4.69, 9.17) is 4.98 Å². The summed E-state index contributed by atoms with van der Waals surface area (Å²) in [6, 6.07) is 17.3. The number of piperazine rings is 1. The number of halogens is 1. The average Bonchev–Trinajstić information content (AvgIpc) is 3.07. The Morgan fingerprint density at radius 3 is 2.31 bits per heavy atom. The van der Waals surface area contributed by atoms with E-state index >= 15 is 0 Å². The van der Waals surface area contributed by atoms with Gasteiger partial charge in [-0.05, 0) is 49.7 Å². The Morgan fingerprint density at radius 2 is 1.64 bits per heavy atom. The maximum atomic E-state index is 12.8. The van der Waals surface area contributed by atoms with Crippen LogP contribution in [0.4, 0.5) is 5.82 Å². The number of anilines is 1. The molecule has 36 heavy (non-hydrogen) atoms. The third-order valence-corrected chi connectivity index (χ3v) is 7.31. The van der Waals surface area contributed by atoms with Crippen molar-refractivity contribution in [2.24, 2.45) is 0 Å². The molecule has 5 rings (SSSR count). The van der Waals surface area contributed by atoms with Crippen LogP contribution in [0.3, 0.4) is 0 Å². The molecular formula is C27H28BrN5O3. The molecule has 0 bridgehead atoms. The Morgan fingerprint density at radius 1 is 0.972 bits per heavy atom. The lowest BCUT2D eigenvalue weighted by molar-refractivity contribution is 0.0629. The number of carbonyl (C=O) groups excluding carboxylic acids is 1. The van der Waals surface area contributed by atoms with Crippen molar-refractivity contribution < 1.29 is 15.0 Å². The molecule has 3 N–H and O–H groups in total. The second kappa shape index (κ2) is 9.83. The molecule has 1 saturated heterocycles. The molecule has 9 heteroatoms. The van der Waals surface area contributed by atoms with Crippen molar-refractivity contribution in [3.63, 3.8) is 0 Å². The van der Waals surface area contributed by atoms with Crippen molar-refractivity contribution >= 4 is 38.6 Å². The number of carbonyl (C=O) groups is 1. The molecule has 8 nitrogen and oxygen atoms in total. The quantitative estimate of drug-likeness (QED) is 0.335. The molecule has 0 aliphatic carbocycles. The topological polar surface area (TPSA) is 93.9 Å². The van der Waals surface area contributed by atoms with Crippen LogP contribution in [0.2, 0.25) is 0 Å². The molecule has 1 amide bonds. The van der Waals surface area contributed by atoms with Crippen LogP contribution in [0.15, 0.2) is 59.1 Å². The SMILES string of the molecule is Cc1c(C)c(O)n(Nc2cc(CN3CCN(C(=O)c4ccccc4)CC3)c3ccc(Br)cc3n2)c1O. The van der Waals surface area contributed by atoms with E-state index < -0.39 is 0 Å². The lowest BCUT2D eigenvalue weighted by atomic mass is 10.1. The standard InChI is InChI=1S/C27H28BrN5O3/c1-17-18(2)26(35)33(25(17)34)30-24-14-20(22-9-8-21(28)15-23(22)29-24)16-31-10-12-32(13-11-31)27(36)19-6-4-3-5-7-19/h3-9,14-15,34-35H,10-13,16H2,1-2H3,(H,29,30). The zero-order valence-electron chi connectivity index (χ0n) is 20.2. The van der Waals surface area contributed by atoms with Gasteiger partial charge >= 0.3 is 0 Å². The van der Waals surface area contributed by atoms with Gasteiger partial charge < -0.3 is 15.1 Å². The fourth-order valence-corrected chi connectivity index (χ4v) is 4.92. The van der Waals surface area contributed by atoms with E-state index in [1.54, 1.807) is 13.8 Å².